The van der Waals surface area contributed by atoms with Gasteiger partial charge in [0.15, 0.2) is 4.96 Å². The molecule has 1 N–H and O–H groups in total. The van der Waals surface area contributed by atoms with Gasteiger partial charge in [-0.3, -0.25) is 4.40 Å². The average molecular weight is 261 g/mol. The highest BCUT2D eigenvalue weighted by Gasteiger charge is 2.04. The zero-order chi connectivity index (χ0) is 12.5. The van der Waals surface area contributed by atoms with E-state index in [1.54, 1.807) is 17.4 Å². The fraction of sp³-hybridized carbons (Fsp3) is 0.154. The lowest BCUT2D eigenvalue weighted by Crippen LogP contribution is -2.01. The maximum atomic E-state index is 13.1. The second-order valence-corrected chi connectivity index (χ2v) is 5.01. The summed E-state index contributed by atoms with van der Waals surface area (Å²) in [5, 5.41) is 5.21. The van der Waals surface area contributed by atoms with Gasteiger partial charge in [0.1, 0.15) is 5.82 Å². The van der Waals surface area contributed by atoms with Crippen LogP contribution in [0.1, 0.15) is 11.3 Å². The Morgan fingerprint density at radius 1 is 1.44 bits per heavy atom. The number of benzene rings is 1. The Hall–Kier alpha value is -1.88. The van der Waals surface area contributed by atoms with Crippen molar-refractivity contribution in [1.82, 2.24) is 9.38 Å². The van der Waals surface area contributed by atoms with Crippen LogP contribution in [0.2, 0.25) is 0 Å². The van der Waals surface area contributed by atoms with Crippen LogP contribution in [0.25, 0.3) is 4.96 Å². The highest BCUT2D eigenvalue weighted by atomic mass is 32.1. The van der Waals surface area contributed by atoms with Crippen LogP contribution in [0.3, 0.4) is 0 Å². The van der Waals surface area contributed by atoms with Gasteiger partial charge >= 0.3 is 0 Å². The summed E-state index contributed by atoms with van der Waals surface area (Å²) >= 11 is 1.60. The highest BCUT2D eigenvalue weighted by Crippen LogP contribution is 2.17. The van der Waals surface area contributed by atoms with E-state index < -0.39 is 0 Å². The average Bonchev–Trinajstić information content (AvgIpc) is 2.90. The second-order valence-electron chi connectivity index (χ2n) is 4.14. The SMILES string of the molecule is Cc1ccc(F)cc1NCc1cn2ccsc2n1. The van der Waals surface area contributed by atoms with Gasteiger partial charge in [0.2, 0.25) is 0 Å². The number of fused-ring (bicyclic) bond motifs is 1. The fourth-order valence-corrected chi connectivity index (χ4v) is 2.55. The van der Waals surface area contributed by atoms with Crippen LogP contribution in [0.5, 0.6) is 0 Å². The number of hydrogen-bond acceptors (Lipinski definition) is 3. The van der Waals surface area contributed by atoms with E-state index in [4.69, 9.17) is 0 Å². The maximum Gasteiger partial charge on any atom is 0.193 e. The molecule has 0 aliphatic rings. The molecule has 2 heterocycles. The zero-order valence-corrected chi connectivity index (χ0v) is 10.7. The van der Waals surface area contributed by atoms with Gasteiger partial charge in [-0.2, -0.15) is 0 Å². The van der Waals surface area contributed by atoms with Gasteiger partial charge in [-0.1, -0.05) is 6.07 Å². The van der Waals surface area contributed by atoms with E-state index >= 15 is 0 Å². The van der Waals surface area contributed by atoms with E-state index in [2.05, 4.69) is 10.3 Å². The van der Waals surface area contributed by atoms with Gasteiger partial charge in [0, 0.05) is 23.5 Å². The van der Waals surface area contributed by atoms with E-state index in [0.717, 1.165) is 21.9 Å². The lowest BCUT2D eigenvalue weighted by atomic mass is 10.2. The number of nitrogens with one attached hydrogen (secondary N) is 1. The van der Waals surface area contributed by atoms with Crippen molar-refractivity contribution in [2.45, 2.75) is 13.5 Å². The minimum atomic E-state index is -0.228. The molecule has 3 aromatic rings. The normalized spacial score (nSPS) is 11.0. The molecule has 0 saturated carbocycles. The molecule has 0 aliphatic carbocycles. The van der Waals surface area contributed by atoms with Gasteiger partial charge in [-0.05, 0) is 24.6 Å². The maximum absolute atomic E-state index is 13.1. The third-order valence-electron chi connectivity index (χ3n) is 2.80. The minimum Gasteiger partial charge on any atom is -0.379 e. The number of hydrogen-bond donors (Lipinski definition) is 1. The number of aromatic nitrogens is 2. The standard InChI is InChI=1S/C13H12FN3S/c1-9-2-3-10(14)6-12(9)15-7-11-8-17-4-5-18-13(17)16-11/h2-6,8,15H,7H2,1H3. The van der Waals surface area contributed by atoms with Crippen molar-refractivity contribution in [2.75, 3.05) is 5.32 Å². The van der Waals surface area contributed by atoms with Crippen molar-refractivity contribution in [3.05, 3.63) is 53.0 Å². The monoisotopic (exact) mass is 261 g/mol. The van der Waals surface area contributed by atoms with Crippen LogP contribution in [0.15, 0.2) is 36.0 Å². The van der Waals surface area contributed by atoms with E-state index in [1.807, 2.05) is 29.1 Å². The Balaban J connectivity index is 1.77. The molecule has 92 valence electrons. The quantitative estimate of drug-likeness (QED) is 0.782. The number of rotatable bonds is 3. The van der Waals surface area contributed by atoms with Crippen LogP contribution in [0.4, 0.5) is 10.1 Å². The molecule has 0 saturated heterocycles. The number of halogens is 1. The third-order valence-corrected chi connectivity index (χ3v) is 3.57. The molecule has 0 bridgehead atoms. The molecule has 1 aromatic carbocycles. The fourth-order valence-electron chi connectivity index (χ4n) is 1.83. The third kappa shape index (κ3) is 2.09. The summed E-state index contributed by atoms with van der Waals surface area (Å²) < 4.78 is 15.1. The smallest absolute Gasteiger partial charge is 0.193 e. The molecule has 0 radical (unpaired) electrons. The van der Waals surface area contributed by atoms with Crippen LogP contribution in [-0.2, 0) is 6.54 Å². The van der Waals surface area contributed by atoms with Crippen molar-refractivity contribution < 1.29 is 4.39 Å². The predicted molar refractivity (Wildman–Crippen MR) is 71.5 cm³/mol. The van der Waals surface area contributed by atoms with E-state index in [-0.39, 0.29) is 5.82 Å². The summed E-state index contributed by atoms with van der Waals surface area (Å²) in [6.45, 7) is 2.55. The molecule has 5 heteroatoms. The van der Waals surface area contributed by atoms with Crippen LogP contribution < -0.4 is 5.32 Å². The van der Waals surface area contributed by atoms with Gasteiger partial charge in [-0.25, -0.2) is 9.37 Å². The summed E-state index contributed by atoms with van der Waals surface area (Å²) in [5.74, 6) is -0.228. The summed E-state index contributed by atoms with van der Waals surface area (Å²) in [4.78, 5) is 5.44. The molecule has 0 atom stereocenters. The predicted octanol–water partition coefficient (Wildman–Crippen LogP) is 3.46. The van der Waals surface area contributed by atoms with Crippen molar-refractivity contribution >= 4 is 22.0 Å². The molecular formula is C13H12FN3S. The first kappa shape index (κ1) is 11.2. The number of anilines is 1. The number of nitrogens with zero attached hydrogens (tertiary/aromatic N) is 2. The second kappa shape index (κ2) is 4.42. The lowest BCUT2D eigenvalue weighted by Gasteiger charge is -2.07. The van der Waals surface area contributed by atoms with Gasteiger partial charge in [-0.15, -0.1) is 11.3 Å². The number of aryl methyl sites for hydroxylation is 1. The Labute approximate surface area is 108 Å². The van der Waals surface area contributed by atoms with E-state index in [9.17, 15) is 4.39 Å². The summed E-state index contributed by atoms with van der Waals surface area (Å²) in [7, 11) is 0. The molecule has 3 nitrogen and oxygen atoms in total. The Kier molecular flexibility index (Phi) is 2.76. The largest absolute Gasteiger partial charge is 0.379 e. The molecule has 0 fully saturated rings. The number of imidazole rings is 1. The summed E-state index contributed by atoms with van der Waals surface area (Å²) in [5.41, 5.74) is 2.79. The van der Waals surface area contributed by atoms with Crippen molar-refractivity contribution in [1.29, 1.82) is 0 Å². The Bertz CT molecular complexity index is 658. The summed E-state index contributed by atoms with van der Waals surface area (Å²) in [6.07, 6.45) is 3.96. The van der Waals surface area contributed by atoms with Crippen molar-refractivity contribution in [3.63, 3.8) is 0 Å². The first-order chi connectivity index (χ1) is 8.72. The van der Waals surface area contributed by atoms with Gasteiger partial charge in [0.05, 0.1) is 12.2 Å². The van der Waals surface area contributed by atoms with E-state index in [1.165, 1.54) is 12.1 Å². The molecule has 18 heavy (non-hydrogen) atoms. The zero-order valence-electron chi connectivity index (χ0n) is 9.85. The van der Waals surface area contributed by atoms with Gasteiger partial charge < -0.3 is 5.32 Å². The van der Waals surface area contributed by atoms with Crippen LogP contribution >= 0.6 is 11.3 Å². The van der Waals surface area contributed by atoms with Gasteiger partial charge in [0.25, 0.3) is 0 Å². The topological polar surface area (TPSA) is 29.3 Å². The molecule has 0 aliphatic heterocycles. The molecule has 0 amide bonds. The molecule has 3 rings (SSSR count). The Morgan fingerprint density at radius 3 is 3.17 bits per heavy atom. The van der Waals surface area contributed by atoms with Crippen LogP contribution in [-0.4, -0.2) is 9.38 Å². The Morgan fingerprint density at radius 2 is 2.33 bits per heavy atom. The summed E-state index contributed by atoms with van der Waals surface area (Å²) in [6, 6.07) is 4.74. The van der Waals surface area contributed by atoms with Crippen molar-refractivity contribution in [2.24, 2.45) is 0 Å². The molecule has 2 aromatic heterocycles. The van der Waals surface area contributed by atoms with E-state index in [0.29, 0.717) is 6.54 Å². The molecular weight excluding hydrogens is 249 g/mol. The lowest BCUT2D eigenvalue weighted by molar-refractivity contribution is 0.628. The highest BCUT2D eigenvalue weighted by molar-refractivity contribution is 7.15. The first-order valence-electron chi connectivity index (χ1n) is 5.63. The van der Waals surface area contributed by atoms with Crippen LogP contribution in [0, 0.1) is 12.7 Å². The number of thiazole rings is 1. The minimum absolute atomic E-state index is 0.228. The molecule has 0 spiro atoms. The molecule has 0 unspecified atom stereocenters. The van der Waals surface area contributed by atoms with Crippen molar-refractivity contribution in [3.8, 4) is 0 Å². The first-order valence-corrected chi connectivity index (χ1v) is 6.51.